The first-order chi connectivity index (χ1) is 9.61. The van der Waals surface area contributed by atoms with E-state index in [0.717, 1.165) is 28.0 Å². The summed E-state index contributed by atoms with van der Waals surface area (Å²) in [6.07, 6.45) is 2.00. The van der Waals surface area contributed by atoms with Crippen LogP contribution < -0.4 is 0 Å². The molecule has 0 aliphatic rings. The number of nitrogens with zero attached hydrogens (tertiary/aromatic N) is 2. The minimum absolute atomic E-state index is 0.262. The molecule has 1 aromatic heterocycles. The third-order valence-electron chi connectivity index (χ3n) is 2.79. The highest BCUT2D eigenvalue weighted by molar-refractivity contribution is 9.10. The Kier molecular flexibility index (Phi) is 5.63. The minimum atomic E-state index is -0.647. The van der Waals surface area contributed by atoms with Crippen molar-refractivity contribution in [2.24, 2.45) is 0 Å². The summed E-state index contributed by atoms with van der Waals surface area (Å²) in [5.74, 6) is 0.193. The molecular formula is C14H16BrFN2OS. The Morgan fingerprint density at radius 1 is 1.50 bits per heavy atom. The molecule has 2 rings (SSSR count). The number of thioether (sulfide) groups is 1. The summed E-state index contributed by atoms with van der Waals surface area (Å²) >= 11 is 4.84. The molecule has 0 bridgehead atoms. The van der Waals surface area contributed by atoms with E-state index in [1.807, 2.05) is 6.07 Å². The third-order valence-corrected chi connectivity index (χ3v) is 4.47. The lowest BCUT2D eigenvalue weighted by Gasteiger charge is -2.13. The molecule has 20 heavy (non-hydrogen) atoms. The second-order valence-corrected chi connectivity index (χ2v) is 6.33. The molecule has 0 aliphatic heterocycles. The van der Waals surface area contributed by atoms with Crippen molar-refractivity contribution in [1.29, 1.82) is 0 Å². The number of hydrogen-bond donors (Lipinski definition) is 1. The third kappa shape index (κ3) is 3.84. The highest BCUT2D eigenvalue weighted by Gasteiger charge is 2.17. The molecule has 0 saturated heterocycles. The van der Waals surface area contributed by atoms with Crippen molar-refractivity contribution in [3.8, 4) is 0 Å². The molecule has 1 atom stereocenters. The van der Waals surface area contributed by atoms with E-state index in [2.05, 4.69) is 28.0 Å². The van der Waals surface area contributed by atoms with Crippen LogP contribution in [0.3, 0.4) is 0 Å². The van der Waals surface area contributed by atoms with Crippen LogP contribution in [0.1, 0.15) is 25.1 Å². The van der Waals surface area contributed by atoms with Crippen molar-refractivity contribution in [3.63, 3.8) is 0 Å². The molecule has 6 heteroatoms. The molecule has 2 aromatic rings. The number of hydrogen-bond acceptors (Lipinski definition) is 3. The van der Waals surface area contributed by atoms with E-state index in [1.165, 1.54) is 23.9 Å². The molecule has 0 fully saturated rings. The van der Waals surface area contributed by atoms with Crippen LogP contribution in [-0.2, 0) is 6.54 Å². The largest absolute Gasteiger partial charge is 0.386 e. The lowest BCUT2D eigenvalue weighted by Crippen LogP contribution is -2.11. The first-order valence-corrected chi connectivity index (χ1v) is 8.17. The van der Waals surface area contributed by atoms with Crippen LogP contribution in [0.4, 0.5) is 4.39 Å². The summed E-state index contributed by atoms with van der Waals surface area (Å²) in [6, 6.07) is 6.38. The molecule has 0 spiro atoms. The highest BCUT2D eigenvalue weighted by atomic mass is 79.9. The standard InChI is InChI=1S/C14H16BrFN2OS/c1-2-6-18-14(12(15)8-17-18)13(19)9-20-11-5-3-4-10(16)7-11/h3-5,7-8,13,19H,2,6,9H2,1H3. The van der Waals surface area contributed by atoms with E-state index in [0.29, 0.717) is 5.75 Å². The van der Waals surface area contributed by atoms with Crippen molar-refractivity contribution in [1.82, 2.24) is 9.78 Å². The van der Waals surface area contributed by atoms with E-state index >= 15 is 0 Å². The van der Waals surface area contributed by atoms with Gasteiger partial charge in [-0.1, -0.05) is 13.0 Å². The van der Waals surface area contributed by atoms with Gasteiger partial charge in [0.2, 0.25) is 0 Å². The predicted molar refractivity (Wildman–Crippen MR) is 82.3 cm³/mol. The van der Waals surface area contributed by atoms with Gasteiger partial charge in [-0.2, -0.15) is 5.10 Å². The molecule has 1 N–H and O–H groups in total. The lowest BCUT2D eigenvalue weighted by molar-refractivity contribution is 0.190. The molecule has 1 heterocycles. The van der Waals surface area contributed by atoms with Gasteiger partial charge in [-0.25, -0.2) is 4.39 Å². The molecular weight excluding hydrogens is 343 g/mol. The van der Waals surface area contributed by atoms with E-state index in [9.17, 15) is 9.50 Å². The van der Waals surface area contributed by atoms with Gasteiger partial charge < -0.3 is 5.11 Å². The minimum Gasteiger partial charge on any atom is -0.386 e. The Morgan fingerprint density at radius 2 is 2.30 bits per heavy atom. The van der Waals surface area contributed by atoms with Crippen molar-refractivity contribution in [3.05, 3.63) is 46.4 Å². The average Bonchev–Trinajstić information content (AvgIpc) is 2.78. The smallest absolute Gasteiger partial charge is 0.124 e. The van der Waals surface area contributed by atoms with Crippen LogP contribution >= 0.6 is 27.7 Å². The number of aromatic nitrogens is 2. The molecule has 1 aromatic carbocycles. The average molecular weight is 359 g/mol. The van der Waals surface area contributed by atoms with Crippen LogP contribution in [0.25, 0.3) is 0 Å². The SMILES string of the molecule is CCCn1ncc(Br)c1C(O)CSc1cccc(F)c1. The fraction of sp³-hybridized carbons (Fsp3) is 0.357. The molecule has 3 nitrogen and oxygen atoms in total. The first-order valence-electron chi connectivity index (χ1n) is 6.39. The molecule has 0 radical (unpaired) electrons. The number of rotatable bonds is 6. The monoisotopic (exact) mass is 358 g/mol. The van der Waals surface area contributed by atoms with Crippen molar-refractivity contribution < 1.29 is 9.50 Å². The van der Waals surface area contributed by atoms with Gasteiger partial charge >= 0.3 is 0 Å². The van der Waals surface area contributed by atoms with Crippen LogP contribution in [-0.4, -0.2) is 20.6 Å². The van der Waals surface area contributed by atoms with Crippen molar-refractivity contribution in [2.75, 3.05) is 5.75 Å². The molecule has 0 amide bonds. The maximum absolute atomic E-state index is 13.1. The summed E-state index contributed by atoms with van der Waals surface area (Å²) in [7, 11) is 0. The number of benzene rings is 1. The predicted octanol–water partition coefficient (Wildman–Crippen LogP) is 4.02. The van der Waals surface area contributed by atoms with Crippen LogP contribution in [0.2, 0.25) is 0 Å². The Labute approximate surface area is 130 Å². The zero-order chi connectivity index (χ0) is 14.5. The summed E-state index contributed by atoms with van der Waals surface area (Å²) < 4.78 is 15.7. The Balaban J connectivity index is 2.05. The fourth-order valence-electron chi connectivity index (χ4n) is 1.90. The number of aliphatic hydroxyl groups is 1. The Bertz CT molecular complexity index is 576. The Morgan fingerprint density at radius 3 is 3.00 bits per heavy atom. The summed E-state index contributed by atoms with van der Waals surface area (Å²) in [4.78, 5) is 0.807. The highest BCUT2D eigenvalue weighted by Crippen LogP contribution is 2.29. The van der Waals surface area contributed by atoms with Gasteiger partial charge in [0.15, 0.2) is 0 Å². The second-order valence-electron chi connectivity index (χ2n) is 4.39. The zero-order valence-electron chi connectivity index (χ0n) is 11.1. The Hall–Kier alpha value is -0.850. The zero-order valence-corrected chi connectivity index (χ0v) is 13.5. The molecule has 0 saturated carbocycles. The van der Waals surface area contributed by atoms with E-state index in [4.69, 9.17) is 0 Å². The maximum Gasteiger partial charge on any atom is 0.124 e. The second kappa shape index (κ2) is 7.24. The van der Waals surface area contributed by atoms with Gasteiger partial charge in [-0.15, -0.1) is 11.8 Å². The van der Waals surface area contributed by atoms with E-state index in [1.54, 1.807) is 16.9 Å². The summed E-state index contributed by atoms with van der Waals surface area (Å²) in [5.41, 5.74) is 0.774. The number of halogens is 2. The van der Waals surface area contributed by atoms with Gasteiger partial charge in [0, 0.05) is 17.2 Å². The lowest BCUT2D eigenvalue weighted by atomic mass is 10.3. The molecule has 108 valence electrons. The maximum atomic E-state index is 13.1. The topological polar surface area (TPSA) is 38.0 Å². The van der Waals surface area contributed by atoms with Gasteiger partial charge in [-0.3, -0.25) is 4.68 Å². The van der Waals surface area contributed by atoms with E-state index < -0.39 is 6.10 Å². The molecule has 1 unspecified atom stereocenters. The van der Waals surface area contributed by atoms with Crippen molar-refractivity contribution >= 4 is 27.7 Å². The van der Waals surface area contributed by atoms with Gasteiger partial charge in [-0.05, 0) is 40.5 Å². The number of aliphatic hydroxyl groups excluding tert-OH is 1. The fourth-order valence-corrected chi connectivity index (χ4v) is 3.34. The quantitative estimate of drug-likeness (QED) is 0.792. The normalized spacial score (nSPS) is 12.6. The first kappa shape index (κ1) is 15.5. The van der Waals surface area contributed by atoms with Gasteiger partial charge in [0.1, 0.15) is 11.9 Å². The van der Waals surface area contributed by atoms with Gasteiger partial charge in [0.05, 0.1) is 16.4 Å². The number of aryl methyl sites for hydroxylation is 1. The summed E-state index contributed by atoms with van der Waals surface area (Å²) in [6.45, 7) is 2.83. The van der Waals surface area contributed by atoms with E-state index in [-0.39, 0.29) is 5.82 Å². The van der Waals surface area contributed by atoms with Crippen LogP contribution in [0.15, 0.2) is 39.8 Å². The van der Waals surface area contributed by atoms with Gasteiger partial charge in [0.25, 0.3) is 0 Å². The van der Waals surface area contributed by atoms with Crippen molar-refractivity contribution in [2.45, 2.75) is 30.9 Å². The van der Waals surface area contributed by atoms with Crippen LogP contribution in [0, 0.1) is 5.82 Å². The van der Waals surface area contributed by atoms with Crippen LogP contribution in [0.5, 0.6) is 0 Å². The molecule has 0 aliphatic carbocycles. The summed E-state index contributed by atoms with van der Waals surface area (Å²) in [5, 5.41) is 14.6.